The number of nitrogens with zero attached hydrogens (tertiary/aromatic N) is 2. The molecular formula is C23H31ClN2O. The molecule has 4 bridgehead atoms. The molecule has 1 heterocycles. The molecule has 4 saturated carbocycles. The molecule has 0 atom stereocenters. The highest BCUT2D eigenvalue weighted by Gasteiger charge is 2.58. The minimum Gasteiger partial charge on any atom is -0.340 e. The maximum atomic E-state index is 13.4. The molecular weight excluding hydrogens is 356 g/mol. The lowest BCUT2D eigenvalue weighted by Gasteiger charge is -2.62. The van der Waals surface area contributed by atoms with Gasteiger partial charge in [-0.1, -0.05) is 23.7 Å². The van der Waals surface area contributed by atoms with E-state index in [1.54, 1.807) is 0 Å². The van der Waals surface area contributed by atoms with Crippen molar-refractivity contribution in [2.75, 3.05) is 33.2 Å². The van der Waals surface area contributed by atoms with Crippen LogP contribution in [0.1, 0.15) is 44.1 Å². The summed E-state index contributed by atoms with van der Waals surface area (Å²) in [5.41, 5.74) is 1.42. The quantitative estimate of drug-likeness (QED) is 0.777. The summed E-state index contributed by atoms with van der Waals surface area (Å²) in [7, 11) is 2.15. The van der Waals surface area contributed by atoms with Crippen molar-refractivity contribution in [2.24, 2.45) is 23.7 Å². The normalized spacial score (nSPS) is 38.4. The van der Waals surface area contributed by atoms with Gasteiger partial charge >= 0.3 is 0 Å². The van der Waals surface area contributed by atoms with Crippen molar-refractivity contribution in [3.63, 3.8) is 0 Å². The molecule has 0 spiro atoms. The first-order valence-electron chi connectivity index (χ1n) is 10.8. The minimum absolute atomic E-state index is 0.0401. The molecule has 1 aromatic rings. The van der Waals surface area contributed by atoms with Gasteiger partial charge in [-0.15, -0.1) is 0 Å². The number of carbonyl (C=O) groups is 1. The first-order chi connectivity index (χ1) is 13.0. The van der Waals surface area contributed by atoms with E-state index in [2.05, 4.69) is 29.0 Å². The van der Waals surface area contributed by atoms with Gasteiger partial charge in [0.1, 0.15) is 0 Å². The van der Waals surface area contributed by atoms with Crippen LogP contribution in [0, 0.1) is 23.7 Å². The lowest BCUT2D eigenvalue weighted by molar-refractivity contribution is -0.140. The van der Waals surface area contributed by atoms with Crippen LogP contribution in [0.2, 0.25) is 5.02 Å². The van der Waals surface area contributed by atoms with Gasteiger partial charge in [0, 0.05) is 43.0 Å². The van der Waals surface area contributed by atoms with E-state index in [1.165, 1.54) is 37.7 Å². The molecule has 5 aliphatic rings. The van der Waals surface area contributed by atoms with Crippen LogP contribution in [0.3, 0.4) is 0 Å². The van der Waals surface area contributed by atoms with Gasteiger partial charge in [0.25, 0.3) is 0 Å². The van der Waals surface area contributed by atoms with Gasteiger partial charge in [0.2, 0.25) is 5.91 Å². The van der Waals surface area contributed by atoms with Crippen LogP contribution in [-0.2, 0) is 10.2 Å². The monoisotopic (exact) mass is 386 g/mol. The standard InChI is InChI=1S/C23H31ClN2O/c1-25-6-8-26(9-7-25)22(27)15-23(18-2-4-21(24)5-3-18)19-11-16-10-17(13-19)14-20(23)12-16/h2-5,16-17,19-20H,6-15H2,1H3. The molecule has 3 nitrogen and oxygen atoms in total. The fourth-order valence-electron chi connectivity index (χ4n) is 7.07. The number of amides is 1. The van der Waals surface area contributed by atoms with Gasteiger partial charge in [-0.3, -0.25) is 4.79 Å². The Morgan fingerprint density at radius 2 is 1.52 bits per heavy atom. The van der Waals surface area contributed by atoms with E-state index >= 15 is 0 Å². The fraction of sp³-hybridized carbons (Fsp3) is 0.696. The molecule has 1 amide bonds. The number of halogens is 1. The largest absolute Gasteiger partial charge is 0.340 e. The van der Waals surface area contributed by atoms with Gasteiger partial charge in [0.05, 0.1) is 0 Å². The zero-order chi connectivity index (χ0) is 18.6. The third kappa shape index (κ3) is 3.02. The maximum absolute atomic E-state index is 13.4. The van der Waals surface area contributed by atoms with Crippen molar-refractivity contribution >= 4 is 17.5 Å². The molecule has 1 aliphatic heterocycles. The summed E-state index contributed by atoms with van der Waals surface area (Å²) < 4.78 is 0. The molecule has 0 aromatic heterocycles. The summed E-state index contributed by atoms with van der Waals surface area (Å²) in [5.74, 6) is 3.54. The van der Waals surface area contributed by atoms with Crippen molar-refractivity contribution in [3.8, 4) is 0 Å². The van der Waals surface area contributed by atoms with Crippen molar-refractivity contribution in [3.05, 3.63) is 34.9 Å². The third-order valence-corrected chi connectivity index (χ3v) is 8.53. The molecule has 0 radical (unpaired) electrons. The molecule has 4 heteroatoms. The van der Waals surface area contributed by atoms with Crippen LogP contribution in [0.15, 0.2) is 24.3 Å². The van der Waals surface area contributed by atoms with Crippen LogP contribution in [0.4, 0.5) is 0 Å². The Morgan fingerprint density at radius 3 is 2.07 bits per heavy atom. The molecule has 4 aliphatic carbocycles. The van der Waals surface area contributed by atoms with Crippen LogP contribution < -0.4 is 0 Å². The Morgan fingerprint density at radius 1 is 0.963 bits per heavy atom. The molecule has 146 valence electrons. The van der Waals surface area contributed by atoms with Gasteiger partial charge < -0.3 is 9.80 Å². The zero-order valence-corrected chi connectivity index (χ0v) is 17.1. The molecule has 6 rings (SSSR count). The van der Waals surface area contributed by atoms with Gasteiger partial charge in [-0.05, 0) is 80.5 Å². The first kappa shape index (κ1) is 18.0. The van der Waals surface area contributed by atoms with Crippen LogP contribution in [0.5, 0.6) is 0 Å². The third-order valence-electron chi connectivity index (χ3n) is 8.28. The SMILES string of the molecule is CN1CCN(C(=O)CC2(c3ccc(Cl)cc3)C3CC4CC(C3)CC2C4)CC1. The number of hydrogen-bond acceptors (Lipinski definition) is 2. The lowest BCUT2D eigenvalue weighted by atomic mass is 9.43. The van der Waals surface area contributed by atoms with E-state index in [0.29, 0.717) is 24.2 Å². The highest BCUT2D eigenvalue weighted by atomic mass is 35.5. The summed E-state index contributed by atoms with van der Waals surface area (Å²) in [6, 6.07) is 8.51. The Balaban J connectivity index is 1.48. The summed E-state index contributed by atoms with van der Waals surface area (Å²) in [6.45, 7) is 3.76. The van der Waals surface area contributed by atoms with Crippen molar-refractivity contribution in [2.45, 2.75) is 43.9 Å². The molecule has 1 saturated heterocycles. The molecule has 0 unspecified atom stereocenters. The molecule has 0 N–H and O–H groups in total. The van der Waals surface area contributed by atoms with E-state index < -0.39 is 0 Å². The molecule has 27 heavy (non-hydrogen) atoms. The van der Waals surface area contributed by atoms with Crippen molar-refractivity contribution in [1.29, 1.82) is 0 Å². The van der Waals surface area contributed by atoms with E-state index in [9.17, 15) is 4.79 Å². The van der Waals surface area contributed by atoms with Crippen molar-refractivity contribution < 1.29 is 4.79 Å². The Hall–Kier alpha value is -1.06. The van der Waals surface area contributed by atoms with Crippen LogP contribution in [0.25, 0.3) is 0 Å². The minimum atomic E-state index is 0.0401. The highest BCUT2D eigenvalue weighted by molar-refractivity contribution is 6.30. The van der Waals surface area contributed by atoms with Crippen LogP contribution in [-0.4, -0.2) is 48.9 Å². The Labute approximate surface area is 168 Å². The Kier molecular flexibility index (Phi) is 4.52. The number of hydrogen-bond donors (Lipinski definition) is 0. The topological polar surface area (TPSA) is 23.6 Å². The van der Waals surface area contributed by atoms with E-state index in [-0.39, 0.29) is 5.41 Å². The zero-order valence-electron chi connectivity index (χ0n) is 16.4. The predicted octanol–water partition coefficient (Wildman–Crippen LogP) is 4.20. The average Bonchev–Trinajstić information content (AvgIpc) is 2.65. The molecule has 1 aromatic carbocycles. The maximum Gasteiger partial charge on any atom is 0.223 e. The summed E-state index contributed by atoms with van der Waals surface area (Å²) >= 11 is 6.21. The van der Waals surface area contributed by atoms with E-state index in [1.807, 2.05) is 12.1 Å². The number of piperazine rings is 1. The highest BCUT2D eigenvalue weighted by Crippen LogP contribution is 2.64. The number of likely N-dealkylation sites (N-methyl/N-ethyl adjacent to an activating group) is 1. The lowest BCUT2D eigenvalue weighted by Crippen LogP contribution is -2.58. The fourth-order valence-corrected chi connectivity index (χ4v) is 7.19. The van der Waals surface area contributed by atoms with Gasteiger partial charge in [-0.2, -0.15) is 0 Å². The predicted molar refractivity (Wildman–Crippen MR) is 109 cm³/mol. The second-order valence-corrected chi connectivity index (χ2v) is 10.1. The summed E-state index contributed by atoms with van der Waals surface area (Å²) in [4.78, 5) is 17.9. The number of benzene rings is 1. The second kappa shape index (κ2) is 6.77. The van der Waals surface area contributed by atoms with E-state index in [4.69, 9.17) is 11.6 Å². The van der Waals surface area contributed by atoms with Crippen molar-refractivity contribution in [1.82, 2.24) is 9.80 Å². The Bertz CT molecular complexity index is 680. The van der Waals surface area contributed by atoms with Crippen LogP contribution >= 0.6 is 11.6 Å². The summed E-state index contributed by atoms with van der Waals surface area (Å²) in [5, 5.41) is 0.795. The van der Waals surface area contributed by atoms with Gasteiger partial charge in [-0.25, -0.2) is 0 Å². The second-order valence-electron chi connectivity index (χ2n) is 9.71. The first-order valence-corrected chi connectivity index (χ1v) is 11.1. The average molecular weight is 387 g/mol. The summed E-state index contributed by atoms with van der Waals surface area (Å²) in [6.07, 6.45) is 7.44. The van der Waals surface area contributed by atoms with Gasteiger partial charge in [0.15, 0.2) is 0 Å². The van der Waals surface area contributed by atoms with E-state index in [0.717, 1.165) is 43.0 Å². The molecule has 5 fully saturated rings. The number of carbonyl (C=O) groups excluding carboxylic acids is 1. The number of rotatable bonds is 3. The smallest absolute Gasteiger partial charge is 0.223 e.